The molecule has 0 aromatic heterocycles. The van der Waals surface area contributed by atoms with E-state index in [9.17, 15) is 9.59 Å². The fourth-order valence-electron chi connectivity index (χ4n) is 3.26. The fraction of sp³-hybridized carbons (Fsp3) is 0.200. The van der Waals surface area contributed by atoms with Crippen LogP contribution in [0.25, 0.3) is 11.1 Å². The van der Waals surface area contributed by atoms with Crippen molar-refractivity contribution in [2.75, 3.05) is 18.4 Å². The van der Waals surface area contributed by atoms with Crippen LogP contribution >= 0.6 is 0 Å². The van der Waals surface area contributed by atoms with Crippen molar-refractivity contribution in [2.24, 2.45) is 0 Å². The molecule has 0 fully saturated rings. The highest BCUT2D eigenvalue weighted by molar-refractivity contribution is 5.97. The van der Waals surface area contributed by atoms with Gasteiger partial charge in [0.2, 0.25) is 5.91 Å². The van der Waals surface area contributed by atoms with E-state index in [0.29, 0.717) is 24.3 Å². The fourth-order valence-corrected chi connectivity index (χ4v) is 3.26. The van der Waals surface area contributed by atoms with Crippen molar-refractivity contribution >= 4 is 17.5 Å². The van der Waals surface area contributed by atoms with Gasteiger partial charge in [0.1, 0.15) is 0 Å². The Balaban J connectivity index is 1.64. The van der Waals surface area contributed by atoms with Crippen LogP contribution in [0, 0.1) is 0 Å². The van der Waals surface area contributed by atoms with Gasteiger partial charge in [0.25, 0.3) is 5.91 Å². The number of amides is 2. The average Bonchev–Trinajstić information content (AvgIpc) is 2.76. The smallest absolute Gasteiger partial charge is 0.253 e. The van der Waals surface area contributed by atoms with Crippen LogP contribution in [0.2, 0.25) is 0 Å². The van der Waals surface area contributed by atoms with Gasteiger partial charge in [-0.1, -0.05) is 60.7 Å². The van der Waals surface area contributed by atoms with Crippen LogP contribution in [0.1, 0.15) is 29.8 Å². The quantitative estimate of drug-likeness (QED) is 0.620. The maximum Gasteiger partial charge on any atom is 0.253 e. The Labute approximate surface area is 172 Å². The lowest BCUT2D eigenvalue weighted by Gasteiger charge is -2.19. The van der Waals surface area contributed by atoms with Crippen molar-refractivity contribution in [3.8, 4) is 11.1 Å². The van der Waals surface area contributed by atoms with Crippen LogP contribution in [-0.2, 0) is 11.2 Å². The maximum atomic E-state index is 12.5. The SMILES string of the molecule is CCN(CC)C(=O)c1cccc(NC(=O)Cc2ccc(-c3ccccc3)cc2)c1. The van der Waals surface area contributed by atoms with Crippen molar-refractivity contribution < 1.29 is 9.59 Å². The minimum absolute atomic E-state index is 0.0254. The monoisotopic (exact) mass is 386 g/mol. The molecule has 29 heavy (non-hydrogen) atoms. The first-order valence-corrected chi connectivity index (χ1v) is 9.94. The number of rotatable bonds is 7. The first kappa shape index (κ1) is 20.3. The molecule has 0 aliphatic heterocycles. The van der Waals surface area contributed by atoms with Gasteiger partial charge in [-0.25, -0.2) is 0 Å². The summed E-state index contributed by atoms with van der Waals surface area (Å²) in [5, 5.41) is 2.90. The van der Waals surface area contributed by atoms with Crippen LogP contribution in [0.4, 0.5) is 5.69 Å². The molecule has 0 unspecified atom stereocenters. The topological polar surface area (TPSA) is 49.4 Å². The number of hydrogen-bond donors (Lipinski definition) is 1. The Morgan fingerprint density at radius 3 is 2.10 bits per heavy atom. The van der Waals surface area contributed by atoms with E-state index in [2.05, 4.69) is 17.4 Å². The molecule has 0 saturated heterocycles. The molecule has 0 radical (unpaired) electrons. The van der Waals surface area contributed by atoms with Crippen molar-refractivity contribution in [3.63, 3.8) is 0 Å². The average molecular weight is 386 g/mol. The largest absolute Gasteiger partial charge is 0.339 e. The number of carbonyl (C=O) groups excluding carboxylic acids is 2. The van der Waals surface area contributed by atoms with Crippen LogP contribution < -0.4 is 5.32 Å². The normalized spacial score (nSPS) is 10.4. The number of benzene rings is 3. The molecule has 0 saturated carbocycles. The molecule has 1 N–H and O–H groups in total. The zero-order chi connectivity index (χ0) is 20.6. The molecule has 2 amide bonds. The van der Waals surface area contributed by atoms with Gasteiger partial charge in [0.15, 0.2) is 0 Å². The molecular weight excluding hydrogens is 360 g/mol. The van der Waals surface area contributed by atoms with E-state index in [4.69, 9.17) is 0 Å². The third-order valence-corrected chi connectivity index (χ3v) is 4.87. The van der Waals surface area contributed by atoms with Crippen molar-refractivity contribution in [3.05, 3.63) is 90.0 Å². The minimum atomic E-state index is -0.107. The van der Waals surface area contributed by atoms with Crippen LogP contribution in [0.5, 0.6) is 0 Å². The lowest BCUT2D eigenvalue weighted by Crippen LogP contribution is -2.30. The van der Waals surface area contributed by atoms with E-state index >= 15 is 0 Å². The highest BCUT2D eigenvalue weighted by atomic mass is 16.2. The minimum Gasteiger partial charge on any atom is -0.339 e. The first-order valence-electron chi connectivity index (χ1n) is 9.94. The standard InChI is InChI=1S/C25H26N2O2/c1-3-27(4-2)25(29)22-11-8-12-23(18-22)26-24(28)17-19-13-15-21(16-14-19)20-9-6-5-7-10-20/h5-16,18H,3-4,17H2,1-2H3,(H,26,28). The molecule has 3 aromatic rings. The predicted molar refractivity (Wildman–Crippen MR) is 118 cm³/mol. The molecule has 0 bridgehead atoms. The predicted octanol–water partition coefficient (Wildman–Crippen LogP) is 5.02. The lowest BCUT2D eigenvalue weighted by molar-refractivity contribution is -0.115. The molecule has 0 heterocycles. The summed E-state index contributed by atoms with van der Waals surface area (Å²) in [6.07, 6.45) is 0.281. The third-order valence-electron chi connectivity index (χ3n) is 4.87. The Kier molecular flexibility index (Phi) is 6.80. The maximum absolute atomic E-state index is 12.5. The molecule has 0 spiro atoms. The van der Waals surface area contributed by atoms with Gasteiger partial charge in [-0.15, -0.1) is 0 Å². The zero-order valence-electron chi connectivity index (χ0n) is 16.9. The van der Waals surface area contributed by atoms with E-state index in [1.165, 1.54) is 0 Å². The third kappa shape index (κ3) is 5.32. The Morgan fingerprint density at radius 1 is 0.793 bits per heavy atom. The summed E-state index contributed by atoms with van der Waals surface area (Å²) in [4.78, 5) is 26.7. The second kappa shape index (κ2) is 9.69. The summed E-state index contributed by atoms with van der Waals surface area (Å²) >= 11 is 0. The van der Waals surface area contributed by atoms with Gasteiger partial charge in [0.05, 0.1) is 6.42 Å². The van der Waals surface area contributed by atoms with E-state index in [1.807, 2.05) is 56.3 Å². The number of hydrogen-bond acceptors (Lipinski definition) is 2. The molecule has 4 heteroatoms. The molecule has 4 nitrogen and oxygen atoms in total. The van der Waals surface area contributed by atoms with Gasteiger partial charge in [-0.3, -0.25) is 9.59 Å². The van der Waals surface area contributed by atoms with Gasteiger partial charge in [-0.2, -0.15) is 0 Å². The second-order valence-electron chi connectivity index (χ2n) is 6.85. The van der Waals surface area contributed by atoms with Crippen LogP contribution in [-0.4, -0.2) is 29.8 Å². The summed E-state index contributed by atoms with van der Waals surface area (Å²) in [5.74, 6) is -0.132. The van der Waals surface area contributed by atoms with Crippen molar-refractivity contribution in [1.82, 2.24) is 4.90 Å². The van der Waals surface area contributed by atoms with Crippen molar-refractivity contribution in [1.29, 1.82) is 0 Å². The molecular formula is C25H26N2O2. The van der Waals surface area contributed by atoms with Gasteiger partial charge >= 0.3 is 0 Å². The molecule has 0 atom stereocenters. The number of nitrogens with one attached hydrogen (secondary N) is 1. The highest BCUT2D eigenvalue weighted by Crippen LogP contribution is 2.20. The Bertz CT molecular complexity index is 962. The second-order valence-corrected chi connectivity index (χ2v) is 6.85. The van der Waals surface area contributed by atoms with E-state index in [-0.39, 0.29) is 18.2 Å². The number of carbonyl (C=O) groups is 2. The van der Waals surface area contributed by atoms with Gasteiger partial charge < -0.3 is 10.2 Å². The summed E-state index contributed by atoms with van der Waals surface area (Å²) < 4.78 is 0. The van der Waals surface area contributed by atoms with Gasteiger partial charge in [-0.05, 0) is 48.7 Å². The molecule has 0 aliphatic carbocycles. The molecule has 3 aromatic carbocycles. The first-order chi connectivity index (χ1) is 14.1. The lowest BCUT2D eigenvalue weighted by atomic mass is 10.0. The molecule has 3 rings (SSSR count). The van der Waals surface area contributed by atoms with Crippen molar-refractivity contribution in [2.45, 2.75) is 20.3 Å². The highest BCUT2D eigenvalue weighted by Gasteiger charge is 2.13. The summed E-state index contributed by atoms with van der Waals surface area (Å²) in [7, 11) is 0. The molecule has 148 valence electrons. The van der Waals surface area contributed by atoms with Crippen LogP contribution in [0.3, 0.4) is 0 Å². The van der Waals surface area contributed by atoms with Gasteiger partial charge in [0, 0.05) is 24.3 Å². The Morgan fingerprint density at radius 2 is 1.45 bits per heavy atom. The summed E-state index contributed by atoms with van der Waals surface area (Å²) in [6, 6.07) is 25.2. The molecule has 0 aliphatic rings. The number of nitrogens with zero attached hydrogens (tertiary/aromatic N) is 1. The zero-order valence-corrected chi connectivity index (χ0v) is 16.9. The summed E-state index contributed by atoms with van der Waals surface area (Å²) in [6.45, 7) is 5.22. The summed E-state index contributed by atoms with van der Waals surface area (Å²) in [5.41, 5.74) is 4.43. The van der Waals surface area contributed by atoms with E-state index in [0.717, 1.165) is 16.7 Å². The van der Waals surface area contributed by atoms with E-state index < -0.39 is 0 Å². The number of anilines is 1. The van der Waals surface area contributed by atoms with E-state index in [1.54, 1.807) is 29.2 Å². The van der Waals surface area contributed by atoms with Crippen LogP contribution in [0.15, 0.2) is 78.9 Å². The Hall–Kier alpha value is -3.40.